The molecule has 0 radical (unpaired) electrons. The van der Waals surface area contributed by atoms with Gasteiger partial charge in [0.15, 0.2) is 0 Å². The van der Waals surface area contributed by atoms with Crippen molar-refractivity contribution in [1.82, 2.24) is 4.57 Å². The number of hydrogen-bond acceptors (Lipinski definition) is 0. The van der Waals surface area contributed by atoms with Crippen LogP contribution in [-0.4, -0.2) is 4.57 Å². The van der Waals surface area contributed by atoms with Crippen LogP contribution in [0.2, 0.25) is 0 Å². The first-order chi connectivity index (χ1) is 10.1. The molecule has 1 nitrogen and oxygen atoms in total. The largest absolute Gasteiger partial charge is 0.345 e. The summed E-state index contributed by atoms with van der Waals surface area (Å²) in [4.78, 5) is 0. The van der Waals surface area contributed by atoms with Gasteiger partial charge in [-0.1, -0.05) is 54.6 Å². The maximum Gasteiger partial charge on any atom is 0.0488 e. The Bertz CT molecular complexity index is 804. The van der Waals surface area contributed by atoms with Gasteiger partial charge < -0.3 is 4.57 Å². The van der Waals surface area contributed by atoms with Crippen molar-refractivity contribution in [3.05, 3.63) is 77.5 Å². The van der Waals surface area contributed by atoms with Gasteiger partial charge in [0, 0.05) is 28.7 Å². The summed E-state index contributed by atoms with van der Waals surface area (Å²) in [5, 5.41) is 1.29. The number of nitrogens with zero attached hydrogens (tertiary/aromatic N) is 1. The normalized spacial score (nSPS) is 11.0. The van der Waals surface area contributed by atoms with Gasteiger partial charge in [-0.3, -0.25) is 0 Å². The van der Waals surface area contributed by atoms with Gasteiger partial charge in [-0.05, 0) is 38.0 Å². The molecule has 0 aliphatic rings. The van der Waals surface area contributed by atoms with Gasteiger partial charge >= 0.3 is 0 Å². The van der Waals surface area contributed by atoms with Crippen molar-refractivity contribution in [1.29, 1.82) is 0 Å². The molecule has 1 aromatic heterocycles. The Hall–Kier alpha value is -2.28. The van der Waals surface area contributed by atoms with Crippen molar-refractivity contribution in [2.24, 2.45) is 0 Å². The van der Waals surface area contributed by atoms with E-state index in [1.165, 1.54) is 33.3 Å². The highest BCUT2D eigenvalue weighted by Crippen LogP contribution is 2.34. The zero-order valence-electron chi connectivity index (χ0n) is 13.0. The summed E-state index contributed by atoms with van der Waals surface area (Å²) in [6.45, 7) is 11.8. The molecule has 0 spiro atoms. The van der Waals surface area contributed by atoms with Crippen molar-refractivity contribution < 1.29 is 0 Å². The lowest BCUT2D eigenvalue weighted by molar-refractivity contribution is 0.768. The lowest BCUT2D eigenvalue weighted by Crippen LogP contribution is -1.97. The maximum atomic E-state index is 4.37. The zero-order chi connectivity index (χ0) is 15.0. The molecule has 0 aliphatic carbocycles. The van der Waals surface area contributed by atoms with Crippen LogP contribution in [-0.2, 0) is 6.54 Å². The van der Waals surface area contributed by atoms with E-state index in [1.54, 1.807) is 0 Å². The number of aromatic nitrogens is 1. The summed E-state index contributed by atoms with van der Waals surface area (Å²) >= 11 is 0. The Morgan fingerprint density at radius 2 is 1.67 bits per heavy atom. The van der Waals surface area contributed by atoms with Gasteiger partial charge in [0.25, 0.3) is 0 Å². The van der Waals surface area contributed by atoms with Gasteiger partial charge in [0.05, 0.1) is 0 Å². The summed E-state index contributed by atoms with van der Waals surface area (Å²) in [5.74, 6) is 0. The van der Waals surface area contributed by atoms with Crippen molar-refractivity contribution in [3.63, 3.8) is 0 Å². The number of benzene rings is 2. The second kappa shape index (κ2) is 5.25. The molecule has 21 heavy (non-hydrogen) atoms. The number of hydrogen-bond donors (Lipinski definition) is 0. The van der Waals surface area contributed by atoms with Crippen LogP contribution in [0.1, 0.15) is 29.3 Å². The van der Waals surface area contributed by atoms with Gasteiger partial charge in [-0.2, -0.15) is 0 Å². The standard InChI is InChI=1S/C20H21N/c1-5-21-16(4)20(18-8-6-7-9-19(18)21)15(3)17-12-10-14(2)11-13-17/h6-13H,3,5H2,1-2,4H3. The van der Waals surface area contributed by atoms with Crippen LogP contribution in [0.3, 0.4) is 0 Å². The van der Waals surface area contributed by atoms with Crippen LogP contribution in [0, 0.1) is 13.8 Å². The average Bonchev–Trinajstić information content (AvgIpc) is 2.78. The highest BCUT2D eigenvalue weighted by atomic mass is 15.0. The van der Waals surface area contributed by atoms with E-state index in [4.69, 9.17) is 0 Å². The van der Waals surface area contributed by atoms with Gasteiger partial charge in [0.2, 0.25) is 0 Å². The van der Waals surface area contributed by atoms with Crippen LogP contribution in [0.5, 0.6) is 0 Å². The van der Waals surface area contributed by atoms with E-state index in [9.17, 15) is 0 Å². The number of aryl methyl sites for hydroxylation is 2. The summed E-state index contributed by atoms with van der Waals surface area (Å²) < 4.78 is 2.37. The lowest BCUT2D eigenvalue weighted by atomic mass is 9.96. The molecule has 0 atom stereocenters. The average molecular weight is 275 g/mol. The number of rotatable bonds is 3. The van der Waals surface area contributed by atoms with Crippen LogP contribution >= 0.6 is 0 Å². The van der Waals surface area contributed by atoms with E-state index in [0.29, 0.717) is 0 Å². The Morgan fingerprint density at radius 1 is 1.00 bits per heavy atom. The number of fused-ring (bicyclic) bond motifs is 1. The van der Waals surface area contributed by atoms with Crippen LogP contribution in [0.4, 0.5) is 0 Å². The fraction of sp³-hybridized carbons (Fsp3) is 0.200. The summed E-state index contributed by atoms with van der Waals surface area (Å²) in [5.41, 5.74) is 7.44. The monoisotopic (exact) mass is 275 g/mol. The third-order valence-electron chi connectivity index (χ3n) is 4.25. The Labute approximate surface area is 126 Å². The van der Waals surface area contributed by atoms with Gasteiger partial charge in [-0.25, -0.2) is 0 Å². The van der Waals surface area contributed by atoms with Crippen LogP contribution < -0.4 is 0 Å². The summed E-state index contributed by atoms with van der Waals surface area (Å²) in [6.07, 6.45) is 0. The van der Waals surface area contributed by atoms with E-state index in [0.717, 1.165) is 12.1 Å². The van der Waals surface area contributed by atoms with E-state index in [2.05, 4.69) is 80.4 Å². The summed E-state index contributed by atoms with van der Waals surface area (Å²) in [6, 6.07) is 17.2. The number of para-hydroxylation sites is 1. The molecule has 0 amide bonds. The highest BCUT2D eigenvalue weighted by molar-refractivity contribution is 5.98. The van der Waals surface area contributed by atoms with E-state index >= 15 is 0 Å². The van der Waals surface area contributed by atoms with Crippen molar-refractivity contribution in [3.8, 4) is 0 Å². The molecule has 3 aromatic rings. The van der Waals surface area contributed by atoms with Crippen LogP contribution in [0.25, 0.3) is 16.5 Å². The van der Waals surface area contributed by atoms with E-state index in [1.807, 2.05) is 0 Å². The fourth-order valence-electron chi connectivity index (χ4n) is 3.12. The minimum atomic E-state index is 0.980. The quantitative estimate of drug-likeness (QED) is 0.608. The van der Waals surface area contributed by atoms with E-state index in [-0.39, 0.29) is 0 Å². The maximum absolute atomic E-state index is 4.37. The Morgan fingerprint density at radius 3 is 2.33 bits per heavy atom. The molecule has 0 bridgehead atoms. The predicted octanol–water partition coefficient (Wildman–Crippen LogP) is 5.34. The third-order valence-corrected chi connectivity index (χ3v) is 4.25. The fourth-order valence-corrected chi connectivity index (χ4v) is 3.12. The molecule has 1 heterocycles. The smallest absolute Gasteiger partial charge is 0.0488 e. The molecule has 0 N–H and O–H groups in total. The molecule has 1 heteroatoms. The van der Waals surface area contributed by atoms with Gasteiger partial charge in [-0.15, -0.1) is 0 Å². The molecule has 106 valence electrons. The molecule has 0 aliphatic heterocycles. The first-order valence-corrected chi connectivity index (χ1v) is 7.47. The first-order valence-electron chi connectivity index (χ1n) is 7.47. The lowest BCUT2D eigenvalue weighted by Gasteiger charge is -2.09. The second-order valence-corrected chi connectivity index (χ2v) is 5.57. The minimum absolute atomic E-state index is 0.980. The molecular formula is C20H21N. The molecule has 0 saturated carbocycles. The topological polar surface area (TPSA) is 4.93 Å². The van der Waals surface area contributed by atoms with Crippen molar-refractivity contribution in [2.45, 2.75) is 27.3 Å². The SMILES string of the molecule is C=C(c1ccc(C)cc1)c1c(C)n(CC)c2ccccc12. The molecule has 0 unspecified atom stereocenters. The molecule has 3 rings (SSSR count). The van der Waals surface area contributed by atoms with E-state index < -0.39 is 0 Å². The second-order valence-electron chi connectivity index (χ2n) is 5.57. The Kier molecular flexibility index (Phi) is 3.42. The summed E-state index contributed by atoms with van der Waals surface area (Å²) in [7, 11) is 0. The van der Waals surface area contributed by atoms with Crippen molar-refractivity contribution in [2.75, 3.05) is 0 Å². The highest BCUT2D eigenvalue weighted by Gasteiger charge is 2.15. The molecule has 2 aromatic carbocycles. The predicted molar refractivity (Wildman–Crippen MR) is 91.7 cm³/mol. The molecule has 0 saturated heterocycles. The molecule has 0 fully saturated rings. The molecular weight excluding hydrogens is 254 g/mol. The van der Waals surface area contributed by atoms with Crippen molar-refractivity contribution >= 4 is 16.5 Å². The third kappa shape index (κ3) is 2.19. The Balaban J connectivity index is 2.22. The zero-order valence-corrected chi connectivity index (χ0v) is 13.0. The minimum Gasteiger partial charge on any atom is -0.345 e. The first kappa shape index (κ1) is 13.7. The van der Waals surface area contributed by atoms with Crippen LogP contribution in [0.15, 0.2) is 55.1 Å². The van der Waals surface area contributed by atoms with Gasteiger partial charge in [0.1, 0.15) is 0 Å².